The highest BCUT2D eigenvalue weighted by atomic mass is 16.5. The van der Waals surface area contributed by atoms with Crippen LogP contribution in [0, 0.1) is 0 Å². The molecular formula is C12H12N2O4. The quantitative estimate of drug-likeness (QED) is 0.730. The van der Waals surface area contributed by atoms with Crippen molar-refractivity contribution in [2.24, 2.45) is 0 Å². The number of benzene rings is 1. The first-order chi connectivity index (χ1) is 8.66. The normalized spacial score (nSPS) is 12.2. The molecule has 0 radical (unpaired) electrons. The summed E-state index contributed by atoms with van der Waals surface area (Å²) in [6, 6.07) is 9.43. The molecule has 94 valence electrons. The minimum atomic E-state index is -1.10. The Bertz CT molecular complexity index is 573. The molecule has 6 nitrogen and oxygen atoms in total. The molecule has 18 heavy (non-hydrogen) atoms. The number of aromatic amines is 1. The lowest BCUT2D eigenvalue weighted by Crippen LogP contribution is -2.27. The van der Waals surface area contributed by atoms with Crippen LogP contribution in [0.3, 0.4) is 0 Å². The van der Waals surface area contributed by atoms with Gasteiger partial charge in [0.2, 0.25) is 0 Å². The minimum absolute atomic E-state index is 0.0587. The SMILES string of the molecule is O=C(O)C(NCc1ccccc1)c1cc(=O)[nH]o1. The number of rotatable bonds is 5. The Kier molecular flexibility index (Phi) is 3.59. The zero-order chi connectivity index (χ0) is 13.0. The third kappa shape index (κ3) is 2.86. The Balaban J connectivity index is 2.08. The van der Waals surface area contributed by atoms with Crippen molar-refractivity contribution in [1.82, 2.24) is 10.5 Å². The van der Waals surface area contributed by atoms with Gasteiger partial charge < -0.3 is 9.63 Å². The van der Waals surface area contributed by atoms with Gasteiger partial charge in [-0.05, 0) is 5.56 Å². The van der Waals surface area contributed by atoms with Crippen molar-refractivity contribution in [2.45, 2.75) is 12.6 Å². The number of hydrogen-bond acceptors (Lipinski definition) is 4. The van der Waals surface area contributed by atoms with E-state index < -0.39 is 17.6 Å². The van der Waals surface area contributed by atoms with E-state index in [9.17, 15) is 9.59 Å². The van der Waals surface area contributed by atoms with E-state index in [1.807, 2.05) is 30.3 Å². The highest BCUT2D eigenvalue weighted by Gasteiger charge is 2.23. The number of aliphatic carboxylic acids is 1. The number of carboxylic acids is 1. The molecule has 0 aliphatic heterocycles. The lowest BCUT2D eigenvalue weighted by Gasteiger charge is -2.11. The molecule has 0 saturated heterocycles. The van der Waals surface area contributed by atoms with Gasteiger partial charge in [0.15, 0.2) is 11.8 Å². The second-order valence-corrected chi connectivity index (χ2v) is 3.75. The predicted molar refractivity (Wildman–Crippen MR) is 63.0 cm³/mol. The van der Waals surface area contributed by atoms with Crippen LogP contribution in [0.2, 0.25) is 0 Å². The van der Waals surface area contributed by atoms with Gasteiger partial charge in [-0.1, -0.05) is 30.3 Å². The van der Waals surface area contributed by atoms with Crippen molar-refractivity contribution >= 4 is 5.97 Å². The van der Waals surface area contributed by atoms with E-state index >= 15 is 0 Å². The summed E-state index contributed by atoms with van der Waals surface area (Å²) in [5, 5.41) is 14.0. The van der Waals surface area contributed by atoms with E-state index in [0.717, 1.165) is 11.6 Å². The van der Waals surface area contributed by atoms with Gasteiger partial charge in [0.25, 0.3) is 5.56 Å². The van der Waals surface area contributed by atoms with Crippen molar-refractivity contribution in [3.63, 3.8) is 0 Å². The number of nitrogens with one attached hydrogen (secondary N) is 2. The summed E-state index contributed by atoms with van der Waals surface area (Å²) in [4.78, 5) is 22.0. The van der Waals surface area contributed by atoms with Crippen molar-refractivity contribution in [3.05, 3.63) is 58.1 Å². The highest BCUT2D eigenvalue weighted by Crippen LogP contribution is 2.11. The molecule has 1 atom stereocenters. The third-order valence-electron chi connectivity index (χ3n) is 2.43. The Morgan fingerprint density at radius 3 is 2.67 bits per heavy atom. The van der Waals surface area contributed by atoms with E-state index in [0.29, 0.717) is 6.54 Å². The molecule has 2 aromatic rings. The van der Waals surface area contributed by atoms with Crippen molar-refractivity contribution < 1.29 is 14.4 Å². The molecule has 0 fully saturated rings. The van der Waals surface area contributed by atoms with Crippen molar-refractivity contribution in [3.8, 4) is 0 Å². The monoisotopic (exact) mass is 248 g/mol. The molecule has 0 bridgehead atoms. The molecule has 0 aliphatic rings. The van der Waals surface area contributed by atoms with Crippen LogP contribution in [0.15, 0.2) is 45.7 Å². The van der Waals surface area contributed by atoms with Crippen LogP contribution in [-0.4, -0.2) is 16.2 Å². The molecule has 0 saturated carbocycles. The van der Waals surface area contributed by atoms with E-state index in [2.05, 4.69) is 10.5 Å². The topological polar surface area (TPSA) is 95.3 Å². The molecule has 0 spiro atoms. The predicted octanol–water partition coefficient (Wildman–Crippen LogP) is 0.883. The fraction of sp³-hybridized carbons (Fsp3) is 0.167. The fourth-order valence-electron chi connectivity index (χ4n) is 1.56. The third-order valence-corrected chi connectivity index (χ3v) is 2.43. The van der Waals surface area contributed by atoms with E-state index in [1.165, 1.54) is 0 Å². The number of carbonyl (C=O) groups is 1. The smallest absolute Gasteiger partial charge is 0.328 e. The zero-order valence-corrected chi connectivity index (χ0v) is 9.42. The minimum Gasteiger partial charge on any atom is -0.480 e. The van der Waals surface area contributed by atoms with E-state index in [-0.39, 0.29) is 5.76 Å². The first kappa shape index (κ1) is 12.1. The molecule has 1 aromatic carbocycles. The Morgan fingerprint density at radius 2 is 2.11 bits per heavy atom. The van der Waals surface area contributed by atoms with Gasteiger partial charge in [0.1, 0.15) is 0 Å². The standard InChI is InChI=1S/C12H12N2O4/c15-10-6-9(18-14-10)11(12(16)17)13-7-8-4-2-1-3-5-8/h1-6,11,13H,7H2,(H,14,15)(H,16,17). The van der Waals surface area contributed by atoms with Gasteiger partial charge in [-0.15, -0.1) is 0 Å². The van der Waals surface area contributed by atoms with Crippen molar-refractivity contribution in [2.75, 3.05) is 0 Å². The van der Waals surface area contributed by atoms with Gasteiger partial charge >= 0.3 is 5.97 Å². The highest BCUT2D eigenvalue weighted by molar-refractivity contribution is 5.74. The summed E-state index contributed by atoms with van der Waals surface area (Å²) in [6.45, 7) is 0.368. The van der Waals surface area contributed by atoms with Crippen LogP contribution in [-0.2, 0) is 11.3 Å². The average Bonchev–Trinajstić information content (AvgIpc) is 2.77. The largest absolute Gasteiger partial charge is 0.480 e. The summed E-state index contributed by atoms with van der Waals surface area (Å²) >= 11 is 0. The van der Waals surface area contributed by atoms with Crippen LogP contribution in [0.5, 0.6) is 0 Å². The molecule has 1 unspecified atom stereocenters. The van der Waals surface area contributed by atoms with Crippen LogP contribution >= 0.6 is 0 Å². The number of aromatic nitrogens is 1. The first-order valence-corrected chi connectivity index (χ1v) is 5.35. The molecule has 0 aliphatic carbocycles. The molecule has 6 heteroatoms. The molecular weight excluding hydrogens is 236 g/mol. The zero-order valence-electron chi connectivity index (χ0n) is 9.42. The molecule has 1 aromatic heterocycles. The number of hydrogen-bond donors (Lipinski definition) is 3. The maximum absolute atomic E-state index is 11.1. The fourth-order valence-corrected chi connectivity index (χ4v) is 1.56. The maximum Gasteiger partial charge on any atom is 0.328 e. The molecule has 2 rings (SSSR count). The van der Waals surface area contributed by atoms with Crippen LogP contribution < -0.4 is 10.9 Å². The molecule has 0 amide bonds. The second kappa shape index (κ2) is 5.33. The van der Waals surface area contributed by atoms with Gasteiger partial charge in [0, 0.05) is 12.6 Å². The number of carboxylic acid groups (broad SMARTS) is 1. The van der Waals surface area contributed by atoms with Crippen LogP contribution in [0.25, 0.3) is 0 Å². The summed E-state index contributed by atoms with van der Waals surface area (Å²) in [6.07, 6.45) is 0. The summed E-state index contributed by atoms with van der Waals surface area (Å²) in [5.41, 5.74) is 0.486. The van der Waals surface area contributed by atoms with E-state index in [4.69, 9.17) is 9.63 Å². The van der Waals surface area contributed by atoms with E-state index in [1.54, 1.807) is 0 Å². The van der Waals surface area contributed by atoms with Gasteiger partial charge in [0.05, 0.1) is 0 Å². The van der Waals surface area contributed by atoms with Crippen molar-refractivity contribution in [1.29, 1.82) is 0 Å². The Labute approximate surface area is 102 Å². The maximum atomic E-state index is 11.1. The van der Waals surface area contributed by atoms with Gasteiger partial charge in [-0.2, -0.15) is 5.16 Å². The lowest BCUT2D eigenvalue weighted by molar-refractivity contribution is -0.140. The Morgan fingerprint density at radius 1 is 1.39 bits per heavy atom. The van der Waals surface area contributed by atoms with Gasteiger partial charge in [-0.3, -0.25) is 14.9 Å². The van der Waals surface area contributed by atoms with Crippen LogP contribution in [0.1, 0.15) is 17.4 Å². The van der Waals surface area contributed by atoms with Crippen LogP contribution in [0.4, 0.5) is 0 Å². The van der Waals surface area contributed by atoms with Gasteiger partial charge in [-0.25, -0.2) is 0 Å². The lowest BCUT2D eigenvalue weighted by atomic mass is 10.2. The molecule has 1 heterocycles. The summed E-state index contributed by atoms with van der Waals surface area (Å²) < 4.78 is 4.80. The summed E-state index contributed by atoms with van der Waals surface area (Å²) in [7, 11) is 0. The average molecular weight is 248 g/mol. The Hall–Kier alpha value is -2.34. The second-order valence-electron chi connectivity index (χ2n) is 3.75. The number of H-pyrrole nitrogens is 1. The summed E-state index contributed by atoms with van der Waals surface area (Å²) in [5.74, 6) is -1.04. The first-order valence-electron chi connectivity index (χ1n) is 5.35. The molecule has 3 N–H and O–H groups in total.